The van der Waals surface area contributed by atoms with Gasteiger partial charge in [-0.2, -0.15) is 5.10 Å². The number of hydrogen-bond donors (Lipinski definition) is 2. The predicted octanol–water partition coefficient (Wildman–Crippen LogP) is 2.18. The molecule has 2 heterocycles. The maximum atomic E-state index is 13.7. The van der Waals surface area contributed by atoms with Gasteiger partial charge in [0, 0.05) is 31.3 Å². The number of anilines is 1. The van der Waals surface area contributed by atoms with E-state index in [4.69, 9.17) is 0 Å². The van der Waals surface area contributed by atoms with E-state index in [0.29, 0.717) is 37.7 Å². The molecular weight excluding hydrogens is 318 g/mol. The first-order valence-electron chi connectivity index (χ1n) is 7.58. The predicted molar refractivity (Wildman–Crippen MR) is 82.2 cm³/mol. The Morgan fingerprint density at radius 3 is 2.62 bits per heavy atom. The van der Waals surface area contributed by atoms with E-state index in [9.17, 15) is 18.4 Å². The molecule has 126 valence electrons. The van der Waals surface area contributed by atoms with Gasteiger partial charge in [-0.25, -0.2) is 8.78 Å². The van der Waals surface area contributed by atoms with Crippen molar-refractivity contribution in [1.29, 1.82) is 0 Å². The van der Waals surface area contributed by atoms with Crippen LogP contribution in [0.4, 0.5) is 14.5 Å². The van der Waals surface area contributed by atoms with Crippen molar-refractivity contribution in [1.82, 2.24) is 15.1 Å². The Bertz CT molecular complexity index is 741. The Labute approximate surface area is 136 Å². The molecule has 8 heteroatoms. The van der Waals surface area contributed by atoms with Crippen molar-refractivity contribution in [3.63, 3.8) is 0 Å². The summed E-state index contributed by atoms with van der Waals surface area (Å²) in [5, 5.41) is 9.10. The van der Waals surface area contributed by atoms with Crippen LogP contribution in [0.1, 0.15) is 23.2 Å². The molecule has 0 unspecified atom stereocenters. The van der Waals surface area contributed by atoms with Crippen LogP contribution < -0.4 is 5.32 Å². The van der Waals surface area contributed by atoms with Crippen LogP contribution >= 0.6 is 0 Å². The van der Waals surface area contributed by atoms with E-state index < -0.39 is 17.5 Å². The molecule has 1 aromatic carbocycles. The van der Waals surface area contributed by atoms with Gasteiger partial charge in [0.05, 0.1) is 17.4 Å². The van der Waals surface area contributed by atoms with Crippen molar-refractivity contribution >= 4 is 17.5 Å². The standard InChI is InChI=1S/C16H16F2N4O2/c17-11-1-2-13(14(18)7-11)16(24)22-5-3-10(4-6-22)15(23)21-12-8-19-20-9-12/h1-2,7-10H,3-6H2,(H,19,20)(H,21,23). The zero-order valence-electron chi connectivity index (χ0n) is 12.8. The number of carbonyl (C=O) groups is 2. The number of rotatable bonds is 3. The van der Waals surface area contributed by atoms with Crippen LogP contribution in [0, 0.1) is 17.6 Å². The number of nitrogens with zero attached hydrogens (tertiary/aromatic N) is 2. The minimum Gasteiger partial charge on any atom is -0.339 e. The molecule has 3 rings (SSSR count). The molecule has 1 aliphatic rings. The minimum absolute atomic E-state index is 0.128. The van der Waals surface area contributed by atoms with E-state index in [-0.39, 0.29) is 17.4 Å². The van der Waals surface area contributed by atoms with Gasteiger partial charge in [-0.05, 0) is 25.0 Å². The summed E-state index contributed by atoms with van der Waals surface area (Å²) in [5.41, 5.74) is 0.435. The Morgan fingerprint density at radius 2 is 2.00 bits per heavy atom. The van der Waals surface area contributed by atoms with Crippen molar-refractivity contribution in [2.24, 2.45) is 5.92 Å². The summed E-state index contributed by atoms with van der Waals surface area (Å²) in [6, 6.07) is 2.89. The van der Waals surface area contributed by atoms with Gasteiger partial charge in [0.25, 0.3) is 5.91 Å². The van der Waals surface area contributed by atoms with Crippen molar-refractivity contribution < 1.29 is 18.4 Å². The molecule has 0 saturated carbocycles. The molecule has 2 amide bonds. The molecule has 0 bridgehead atoms. The number of aromatic nitrogens is 2. The molecule has 2 N–H and O–H groups in total. The first kappa shape index (κ1) is 16.1. The Balaban J connectivity index is 1.58. The van der Waals surface area contributed by atoms with Crippen molar-refractivity contribution in [3.05, 3.63) is 47.8 Å². The second-order valence-corrected chi connectivity index (χ2v) is 5.67. The molecule has 1 fully saturated rings. The fraction of sp³-hybridized carbons (Fsp3) is 0.312. The third-order valence-corrected chi connectivity index (χ3v) is 4.08. The highest BCUT2D eigenvalue weighted by Gasteiger charge is 2.29. The Morgan fingerprint density at radius 1 is 1.25 bits per heavy atom. The van der Waals surface area contributed by atoms with Gasteiger partial charge in [-0.15, -0.1) is 0 Å². The zero-order valence-corrected chi connectivity index (χ0v) is 12.8. The zero-order chi connectivity index (χ0) is 17.1. The maximum Gasteiger partial charge on any atom is 0.256 e. The van der Waals surface area contributed by atoms with Crippen LogP contribution in [0.25, 0.3) is 0 Å². The van der Waals surface area contributed by atoms with E-state index in [1.807, 2.05) is 0 Å². The summed E-state index contributed by atoms with van der Waals surface area (Å²) in [6.45, 7) is 0.693. The van der Waals surface area contributed by atoms with Gasteiger partial charge in [0.15, 0.2) is 0 Å². The number of amides is 2. The molecule has 0 atom stereocenters. The molecule has 0 aliphatic carbocycles. The minimum atomic E-state index is -0.875. The lowest BCUT2D eigenvalue weighted by Crippen LogP contribution is -2.41. The smallest absolute Gasteiger partial charge is 0.256 e. The molecule has 0 spiro atoms. The summed E-state index contributed by atoms with van der Waals surface area (Å²) in [4.78, 5) is 25.9. The van der Waals surface area contributed by atoms with Gasteiger partial charge in [0.2, 0.25) is 5.91 Å². The van der Waals surface area contributed by atoms with Crippen LogP contribution in [0.15, 0.2) is 30.6 Å². The molecule has 1 aliphatic heterocycles. The van der Waals surface area contributed by atoms with Crippen LogP contribution in [0.3, 0.4) is 0 Å². The number of halogens is 2. The highest BCUT2D eigenvalue weighted by atomic mass is 19.1. The van der Waals surface area contributed by atoms with Gasteiger partial charge >= 0.3 is 0 Å². The summed E-state index contributed by atoms with van der Waals surface area (Å²) >= 11 is 0. The van der Waals surface area contributed by atoms with Gasteiger partial charge < -0.3 is 10.2 Å². The molecule has 2 aromatic rings. The number of piperidine rings is 1. The fourth-order valence-electron chi connectivity index (χ4n) is 2.74. The van der Waals surface area contributed by atoms with Crippen molar-refractivity contribution in [2.45, 2.75) is 12.8 Å². The van der Waals surface area contributed by atoms with E-state index >= 15 is 0 Å². The maximum absolute atomic E-state index is 13.7. The quantitative estimate of drug-likeness (QED) is 0.903. The third-order valence-electron chi connectivity index (χ3n) is 4.08. The van der Waals surface area contributed by atoms with Gasteiger partial charge in [-0.3, -0.25) is 14.7 Å². The Hall–Kier alpha value is -2.77. The fourth-order valence-corrected chi connectivity index (χ4v) is 2.74. The molecule has 1 aromatic heterocycles. The van der Waals surface area contributed by atoms with Crippen LogP contribution in [-0.2, 0) is 4.79 Å². The number of benzene rings is 1. The van der Waals surface area contributed by atoms with E-state index in [1.165, 1.54) is 11.1 Å². The monoisotopic (exact) mass is 334 g/mol. The average molecular weight is 334 g/mol. The number of likely N-dealkylation sites (tertiary alicyclic amines) is 1. The van der Waals surface area contributed by atoms with E-state index in [2.05, 4.69) is 15.5 Å². The molecule has 0 radical (unpaired) electrons. The Kier molecular flexibility index (Phi) is 4.54. The summed E-state index contributed by atoms with van der Waals surface area (Å²) in [5.74, 6) is -2.43. The second kappa shape index (κ2) is 6.77. The van der Waals surface area contributed by atoms with E-state index in [0.717, 1.165) is 12.1 Å². The summed E-state index contributed by atoms with van der Waals surface area (Å²) in [6.07, 6.45) is 4.05. The number of hydrogen-bond acceptors (Lipinski definition) is 3. The van der Waals surface area contributed by atoms with Crippen LogP contribution in [0.5, 0.6) is 0 Å². The normalized spacial score (nSPS) is 15.3. The summed E-state index contributed by atoms with van der Waals surface area (Å²) < 4.78 is 26.6. The average Bonchev–Trinajstić information content (AvgIpc) is 3.07. The van der Waals surface area contributed by atoms with Crippen molar-refractivity contribution in [2.75, 3.05) is 18.4 Å². The third kappa shape index (κ3) is 3.42. The van der Waals surface area contributed by atoms with Crippen molar-refractivity contribution in [3.8, 4) is 0 Å². The SMILES string of the molecule is O=C(Nc1cn[nH]c1)C1CCN(C(=O)c2ccc(F)cc2F)CC1. The second-order valence-electron chi connectivity index (χ2n) is 5.67. The van der Waals surface area contributed by atoms with E-state index in [1.54, 1.807) is 6.20 Å². The molecular formula is C16H16F2N4O2. The van der Waals surface area contributed by atoms with Gasteiger partial charge in [0.1, 0.15) is 11.6 Å². The molecule has 24 heavy (non-hydrogen) atoms. The molecule has 6 nitrogen and oxygen atoms in total. The summed E-state index contributed by atoms with van der Waals surface area (Å²) in [7, 11) is 0. The highest BCUT2D eigenvalue weighted by molar-refractivity contribution is 5.95. The number of H-pyrrole nitrogens is 1. The lowest BCUT2D eigenvalue weighted by molar-refractivity contribution is -0.121. The number of carbonyl (C=O) groups excluding carboxylic acids is 2. The van der Waals surface area contributed by atoms with Crippen LogP contribution in [-0.4, -0.2) is 40.0 Å². The number of aromatic amines is 1. The number of nitrogens with one attached hydrogen (secondary N) is 2. The largest absolute Gasteiger partial charge is 0.339 e. The van der Waals surface area contributed by atoms with Gasteiger partial charge in [-0.1, -0.05) is 0 Å². The lowest BCUT2D eigenvalue weighted by atomic mass is 9.95. The molecule has 1 saturated heterocycles. The first-order chi connectivity index (χ1) is 11.5. The first-order valence-corrected chi connectivity index (χ1v) is 7.58. The van der Waals surface area contributed by atoms with Crippen LogP contribution in [0.2, 0.25) is 0 Å². The lowest BCUT2D eigenvalue weighted by Gasteiger charge is -2.31. The highest BCUT2D eigenvalue weighted by Crippen LogP contribution is 2.22. The topological polar surface area (TPSA) is 78.1 Å².